The van der Waals surface area contributed by atoms with E-state index in [4.69, 9.17) is 20.9 Å². The lowest BCUT2D eigenvalue weighted by Crippen LogP contribution is -2.47. The topological polar surface area (TPSA) is 42.0 Å². The molecule has 1 unspecified atom stereocenters. The van der Waals surface area contributed by atoms with Crippen LogP contribution in [0.5, 0.6) is 0 Å². The molecule has 0 aliphatic carbocycles. The van der Waals surface area contributed by atoms with Crippen LogP contribution < -0.4 is 5.06 Å². The lowest BCUT2D eigenvalue weighted by Gasteiger charge is -2.44. The molecule has 5 nitrogen and oxygen atoms in total. The van der Waals surface area contributed by atoms with Gasteiger partial charge < -0.3 is 9.33 Å². The predicted octanol–water partition coefficient (Wildman–Crippen LogP) is 7.12. The summed E-state index contributed by atoms with van der Waals surface area (Å²) in [7, 11) is -2.23. The number of hydrogen-bond donors (Lipinski definition) is 0. The minimum Gasteiger partial charge on any atom is -0.544 e. The van der Waals surface area contributed by atoms with Crippen molar-refractivity contribution in [2.75, 3.05) is 24.8 Å². The molecule has 188 valence electrons. The Morgan fingerprint density at radius 3 is 2.34 bits per heavy atom. The molecule has 0 spiro atoms. The highest BCUT2D eigenvalue weighted by atomic mass is 35.5. The fourth-order valence-corrected chi connectivity index (χ4v) is 5.67. The molecule has 2 heterocycles. The maximum Gasteiger partial charge on any atom is 0.255 e. The summed E-state index contributed by atoms with van der Waals surface area (Å²) in [6, 6.07) is 17.2. The number of likely N-dealkylation sites (tertiary alicyclic amines) is 1. The largest absolute Gasteiger partial charge is 0.544 e. The maximum atomic E-state index is 14.2. The van der Waals surface area contributed by atoms with Crippen molar-refractivity contribution >= 4 is 31.5 Å². The van der Waals surface area contributed by atoms with Gasteiger partial charge >= 0.3 is 0 Å². The first-order valence-corrected chi connectivity index (χ1v) is 15.8. The van der Waals surface area contributed by atoms with Crippen LogP contribution in [0.4, 0.5) is 5.69 Å². The number of carbonyl (C=O) groups excluding carboxylic acids is 1. The molecule has 0 saturated carbocycles. The average molecular weight is 513 g/mol. The quantitative estimate of drug-likeness (QED) is 0.400. The zero-order valence-corrected chi connectivity index (χ0v) is 23.3. The molecule has 35 heavy (non-hydrogen) atoms. The Bertz CT molecular complexity index is 1080. The van der Waals surface area contributed by atoms with Crippen LogP contribution in [0.2, 0.25) is 23.2 Å². The fraction of sp³-hybridized carbons (Fsp3) is 0.464. The maximum absolute atomic E-state index is 14.2. The number of anilines is 1. The van der Waals surface area contributed by atoms with E-state index >= 15 is 0 Å². The summed E-state index contributed by atoms with van der Waals surface area (Å²) in [5.74, 6) is 0.692. The van der Waals surface area contributed by atoms with Crippen molar-refractivity contribution in [2.45, 2.75) is 64.2 Å². The first kappa shape index (κ1) is 25.8. The van der Waals surface area contributed by atoms with E-state index in [0.29, 0.717) is 16.4 Å². The summed E-state index contributed by atoms with van der Waals surface area (Å²) in [6.45, 7) is 12.8. The zero-order valence-electron chi connectivity index (χ0n) is 21.5. The minimum absolute atomic E-state index is 0.0125. The molecule has 0 aromatic heterocycles. The third-order valence-corrected chi connectivity index (χ3v) is 12.0. The van der Waals surface area contributed by atoms with Crippen LogP contribution in [0.1, 0.15) is 51.6 Å². The summed E-state index contributed by atoms with van der Waals surface area (Å²) >= 11 is 6.44. The van der Waals surface area contributed by atoms with Crippen LogP contribution in [0.25, 0.3) is 0 Å². The molecule has 0 radical (unpaired) electrons. The van der Waals surface area contributed by atoms with Crippen LogP contribution in [0, 0.1) is 0 Å². The fourth-order valence-electron chi connectivity index (χ4n) is 4.38. The molecule has 1 saturated heterocycles. The molecule has 1 fully saturated rings. The van der Waals surface area contributed by atoms with Gasteiger partial charge in [0, 0.05) is 18.1 Å². The molecule has 1 amide bonds. The number of amides is 1. The van der Waals surface area contributed by atoms with Crippen molar-refractivity contribution in [3.8, 4) is 0 Å². The number of nitrogens with zero attached hydrogens (tertiary/aromatic N) is 2. The second-order valence-corrected chi connectivity index (χ2v) is 16.1. The van der Waals surface area contributed by atoms with Gasteiger partial charge in [-0.25, -0.2) is 5.06 Å². The van der Waals surface area contributed by atoms with Crippen LogP contribution in [0.3, 0.4) is 0 Å². The van der Waals surface area contributed by atoms with Gasteiger partial charge in [0.05, 0.1) is 11.3 Å². The van der Waals surface area contributed by atoms with E-state index < -0.39 is 14.4 Å². The summed E-state index contributed by atoms with van der Waals surface area (Å²) in [4.78, 5) is 22.6. The van der Waals surface area contributed by atoms with E-state index in [1.807, 2.05) is 64.6 Å². The summed E-state index contributed by atoms with van der Waals surface area (Å²) in [5, 5.41) is 2.46. The Morgan fingerprint density at radius 2 is 1.71 bits per heavy atom. The third-order valence-electron chi connectivity index (χ3n) is 7.38. The molecule has 2 aliphatic heterocycles. The van der Waals surface area contributed by atoms with Crippen molar-refractivity contribution in [1.82, 2.24) is 4.90 Å². The standard InChI is InChI=1S/C28H37ClN2O3Si/c1-28(2,3)35(4,5)34-24-20-33-31(23-15-8-6-9-16-23)26(21-13-12-14-22(29)19-21)25(24)27(32)30-17-10-7-11-18-30/h6,8-9,12-16,19,26H,7,10-11,17-18,20H2,1-5H3. The van der Waals surface area contributed by atoms with E-state index in [-0.39, 0.29) is 17.6 Å². The van der Waals surface area contributed by atoms with Gasteiger partial charge in [0.25, 0.3) is 5.91 Å². The highest BCUT2D eigenvalue weighted by Crippen LogP contribution is 2.44. The van der Waals surface area contributed by atoms with Gasteiger partial charge in [-0.05, 0) is 67.2 Å². The number of rotatable bonds is 5. The van der Waals surface area contributed by atoms with Gasteiger partial charge in [0.15, 0.2) is 0 Å². The highest BCUT2D eigenvalue weighted by molar-refractivity contribution is 6.74. The van der Waals surface area contributed by atoms with Crippen LogP contribution >= 0.6 is 11.6 Å². The van der Waals surface area contributed by atoms with Crippen molar-refractivity contribution in [3.63, 3.8) is 0 Å². The second kappa shape index (κ2) is 10.4. The predicted molar refractivity (Wildman–Crippen MR) is 145 cm³/mol. The average Bonchev–Trinajstić information content (AvgIpc) is 2.83. The van der Waals surface area contributed by atoms with E-state index in [2.05, 4.69) is 33.9 Å². The summed E-state index contributed by atoms with van der Waals surface area (Å²) < 4.78 is 6.82. The molecular formula is C28H37ClN2O3Si. The van der Waals surface area contributed by atoms with Gasteiger partial charge in [0.2, 0.25) is 8.32 Å². The van der Waals surface area contributed by atoms with Gasteiger partial charge in [-0.1, -0.05) is 62.7 Å². The smallest absolute Gasteiger partial charge is 0.255 e. The Hall–Kier alpha value is -2.28. The molecule has 0 bridgehead atoms. The summed E-state index contributed by atoms with van der Waals surface area (Å²) in [5.41, 5.74) is 2.44. The van der Waals surface area contributed by atoms with Gasteiger partial charge in [-0.3, -0.25) is 9.63 Å². The lowest BCUT2D eigenvalue weighted by molar-refractivity contribution is -0.129. The van der Waals surface area contributed by atoms with Gasteiger partial charge in [-0.2, -0.15) is 0 Å². The van der Waals surface area contributed by atoms with E-state index in [1.165, 1.54) is 0 Å². The minimum atomic E-state index is -2.23. The lowest BCUT2D eigenvalue weighted by atomic mass is 9.94. The van der Waals surface area contributed by atoms with Crippen molar-refractivity contribution in [3.05, 3.63) is 76.5 Å². The highest BCUT2D eigenvalue weighted by Gasteiger charge is 2.44. The number of para-hydroxylation sites is 1. The van der Waals surface area contributed by atoms with Crippen molar-refractivity contribution in [2.24, 2.45) is 0 Å². The normalized spacial score (nSPS) is 19.7. The Morgan fingerprint density at radius 1 is 1.03 bits per heavy atom. The molecule has 1 atom stereocenters. The monoisotopic (exact) mass is 512 g/mol. The van der Waals surface area contributed by atoms with Crippen molar-refractivity contribution < 1.29 is 14.1 Å². The van der Waals surface area contributed by atoms with E-state index in [0.717, 1.165) is 43.6 Å². The molecule has 0 N–H and O–H groups in total. The van der Waals surface area contributed by atoms with E-state index in [1.54, 1.807) is 0 Å². The number of hydrogen-bond acceptors (Lipinski definition) is 4. The van der Waals surface area contributed by atoms with Crippen LogP contribution in [-0.2, 0) is 14.1 Å². The molecular weight excluding hydrogens is 476 g/mol. The van der Waals surface area contributed by atoms with E-state index in [9.17, 15) is 4.79 Å². The number of halogens is 1. The number of carbonyl (C=O) groups is 1. The third kappa shape index (κ3) is 5.60. The van der Waals surface area contributed by atoms with Crippen LogP contribution in [0.15, 0.2) is 65.9 Å². The Balaban J connectivity index is 1.89. The van der Waals surface area contributed by atoms with Crippen molar-refractivity contribution in [1.29, 1.82) is 0 Å². The second-order valence-electron chi connectivity index (χ2n) is 10.9. The number of piperidine rings is 1. The molecule has 2 aliphatic rings. The SMILES string of the molecule is CC(C)(C)[Si](C)(C)OC1=C(C(=O)N2CCCCC2)C(c2cccc(Cl)c2)N(c2ccccc2)OC1. The molecule has 4 rings (SSSR count). The Kier molecular flexibility index (Phi) is 7.64. The number of benzene rings is 2. The van der Waals surface area contributed by atoms with Gasteiger partial charge in [0.1, 0.15) is 18.4 Å². The first-order chi connectivity index (χ1) is 16.6. The molecule has 2 aromatic carbocycles. The molecule has 2 aromatic rings. The Labute approximate surface area is 215 Å². The molecule has 7 heteroatoms. The van der Waals surface area contributed by atoms with Crippen LogP contribution in [-0.4, -0.2) is 38.8 Å². The first-order valence-electron chi connectivity index (χ1n) is 12.5. The summed E-state index contributed by atoms with van der Waals surface area (Å²) in [6.07, 6.45) is 3.21. The van der Waals surface area contributed by atoms with Gasteiger partial charge in [-0.15, -0.1) is 0 Å². The number of hydroxylamine groups is 1. The zero-order chi connectivity index (χ0) is 25.2.